The largest absolute Gasteiger partial charge is 0.467 e. The quantitative estimate of drug-likeness (QED) is 0.733. The van der Waals surface area contributed by atoms with Crippen molar-refractivity contribution < 1.29 is 9.15 Å². The summed E-state index contributed by atoms with van der Waals surface area (Å²) in [6.45, 7) is 1.53. The molecule has 0 spiro atoms. The van der Waals surface area contributed by atoms with E-state index in [9.17, 15) is 0 Å². The molecule has 14 heavy (non-hydrogen) atoms. The van der Waals surface area contributed by atoms with E-state index in [-0.39, 0.29) is 0 Å². The van der Waals surface area contributed by atoms with Crippen LogP contribution in [0, 0.1) is 5.92 Å². The Bertz CT molecular complexity index is 235. The fourth-order valence-electron chi connectivity index (χ4n) is 2.07. The van der Waals surface area contributed by atoms with Crippen LogP contribution >= 0.6 is 0 Å². The minimum atomic E-state index is 0.628. The fraction of sp³-hybridized carbons (Fsp3) is 0.667. The predicted octanol–water partition coefficient (Wildman–Crippen LogP) is 3.38. The SMILES string of the molecule is c1coc(COCC2CCCCC2)c1. The van der Waals surface area contributed by atoms with E-state index in [1.54, 1.807) is 6.26 Å². The Kier molecular flexibility index (Phi) is 3.64. The molecule has 1 aliphatic carbocycles. The second-order valence-corrected chi connectivity index (χ2v) is 4.10. The molecule has 1 aliphatic rings. The minimum Gasteiger partial charge on any atom is -0.467 e. The molecule has 1 heterocycles. The molecule has 78 valence electrons. The maximum Gasteiger partial charge on any atom is 0.129 e. The molecule has 0 bridgehead atoms. The van der Waals surface area contributed by atoms with Gasteiger partial charge in [0, 0.05) is 6.61 Å². The van der Waals surface area contributed by atoms with Crippen molar-refractivity contribution in [3.63, 3.8) is 0 Å². The summed E-state index contributed by atoms with van der Waals surface area (Å²) >= 11 is 0. The van der Waals surface area contributed by atoms with Crippen LogP contribution in [-0.4, -0.2) is 6.61 Å². The molecular formula is C12H18O2. The molecule has 2 heteroatoms. The van der Waals surface area contributed by atoms with Crippen LogP contribution in [-0.2, 0) is 11.3 Å². The van der Waals surface area contributed by atoms with Crippen LogP contribution in [0.3, 0.4) is 0 Å². The van der Waals surface area contributed by atoms with Gasteiger partial charge in [0.25, 0.3) is 0 Å². The van der Waals surface area contributed by atoms with Crippen molar-refractivity contribution in [2.24, 2.45) is 5.92 Å². The molecule has 2 rings (SSSR count). The zero-order valence-electron chi connectivity index (χ0n) is 8.58. The highest BCUT2D eigenvalue weighted by Gasteiger charge is 2.13. The molecule has 1 aromatic heterocycles. The van der Waals surface area contributed by atoms with E-state index in [1.807, 2.05) is 12.1 Å². The van der Waals surface area contributed by atoms with Crippen molar-refractivity contribution in [1.29, 1.82) is 0 Å². The summed E-state index contributed by atoms with van der Waals surface area (Å²) in [6, 6.07) is 3.86. The van der Waals surface area contributed by atoms with Crippen molar-refractivity contribution in [3.05, 3.63) is 24.2 Å². The summed E-state index contributed by atoms with van der Waals surface area (Å²) in [5.41, 5.74) is 0. The van der Waals surface area contributed by atoms with Crippen LogP contribution in [0.1, 0.15) is 37.9 Å². The van der Waals surface area contributed by atoms with Gasteiger partial charge in [-0.15, -0.1) is 0 Å². The van der Waals surface area contributed by atoms with E-state index >= 15 is 0 Å². The van der Waals surface area contributed by atoms with Gasteiger partial charge in [-0.3, -0.25) is 0 Å². The third-order valence-electron chi connectivity index (χ3n) is 2.90. The first-order chi connectivity index (χ1) is 6.95. The van der Waals surface area contributed by atoms with Crippen molar-refractivity contribution in [2.45, 2.75) is 38.7 Å². The summed E-state index contributed by atoms with van der Waals surface area (Å²) in [6.07, 6.45) is 8.56. The smallest absolute Gasteiger partial charge is 0.129 e. The zero-order valence-corrected chi connectivity index (χ0v) is 8.58. The van der Waals surface area contributed by atoms with Crippen LogP contribution in [0.4, 0.5) is 0 Å². The number of ether oxygens (including phenoxy) is 1. The van der Waals surface area contributed by atoms with Crippen molar-refractivity contribution >= 4 is 0 Å². The van der Waals surface area contributed by atoms with E-state index in [0.717, 1.165) is 18.3 Å². The molecule has 0 unspecified atom stereocenters. The monoisotopic (exact) mass is 194 g/mol. The lowest BCUT2D eigenvalue weighted by atomic mass is 9.90. The lowest BCUT2D eigenvalue weighted by molar-refractivity contribution is 0.0637. The summed E-state index contributed by atoms with van der Waals surface area (Å²) < 4.78 is 10.8. The minimum absolute atomic E-state index is 0.628. The highest BCUT2D eigenvalue weighted by atomic mass is 16.5. The number of rotatable bonds is 4. The molecule has 0 atom stereocenters. The fourth-order valence-corrected chi connectivity index (χ4v) is 2.07. The van der Waals surface area contributed by atoms with Gasteiger partial charge < -0.3 is 9.15 Å². The highest BCUT2D eigenvalue weighted by molar-refractivity contribution is 4.96. The van der Waals surface area contributed by atoms with Crippen LogP contribution < -0.4 is 0 Å². The van der Waals surface area contributed by atoms with Crippen LogP contribution in [0.15, 0.2) is 22.8 Å². The average Bonchev–Trinajstić information content (AvgIpc) is 2.72. The van der Waals surface area contributed by atoms with Gasteiger partial charge in [-0.1, -0.05) is 19.3 Å². The van der Waals surface area contributed by atoms with Crippen molar-refractivity contribution in [1.82, 2.24) is 0 Å². The van der Waals surface area contributed by atoms with Gasteiger partial charge in [-0.25, -0.2) is 0 Å². The third-order valence-corrected chi connectivity index (χ3v) is 2.90. The summed E-state index contributed by atoms with van der Waals surface area (Å²) in [4.78, 5) is 0. The topological polar surface area (TPSA) is 22.4 Å². The van der Waals surface area contributed by atoms with E-state index in [0.29, 0.717) is 6.61 Å². The van der Waals surface area contributed by atoms with Gasteiger partial charge in [-0.2, -0.15) is 0 Å². The van der Waals surface area contributed by atoms with E-state index < -0.39 is 0 Å². The molecule has 1 fully saturated rings. The summed E-state index contributed by atoms with van der Waals surface area (Å²) in [7, 11) is 0. The van der Waals surface area contributed by atoms with Crippen molar-refractivity contribution in [2.75, 3.05) is 6.61 Å². The second kappa shape index (κ2) is 5.20. The number of furan rings is 1. The average molecular weight is 194 g/mol. The Morgan fingerprint density at radius 2 is 2.14 bits per heavy atom. The molecule has 1 aromatic rings. The molecule has 0 saturated heterocycles. The number of hydrogen-bond acceptors (Lipinski definition) is 2. The zero-order chi connectivity index (χ0) is 9.64. The summed E-state index contributed by atoms with van der Waals surface area (Å²) in [5, 5.41) is 0. The van der Waals surface area contributed by atoms with Crippen molar-refractivity contribution in [3.8, 4) is 0 Å². The lowest BCUT2D eigenvalue weighted by Crippen LogP contribution is -2.13. The Morgan fingerprint density at radius 1 is 1.29 bits per heavy atom. The normalized spacial score (nSPS) is 18.6. The Balaban J connectivity index is 1.62. The van der Waals surface area contributed by atoms with Crippen LogP contribution in [0.2, 0.25) is 0 Å². The molecular weight excluding hydrogens is 176 g/mol. The third kappa shape index (κ3) is 2.88. The molecule has 0 N–H and O–H groups in total. The predicted molar refractivity (Wildman–Crippen MR) is 54.9 cm³/mol. The van der Waals surface area contributed by atoms with E-state index in [4.69, 9.17) is 9.15 Å². The Labute approximate surface area is 85.3 Å². The first kappa shape index (κ1) is 9.78. The van der Waals surface area contributed by atoms with Gasteiger partial charge in [0.2, 0.25) is 0 Å². The van der Waals surface area contributed by atoms with Gasteiger partial charge >= 0.3 is 0 Å². The Morgan fingerprint density at radius 3 is 2.86 bits per heavy atom. The lowest BCUT2D eigenvalue weighted by Gasteiger charge is -2.20. The molecule has 0 aliphatic heterocycles. The molecule has 2 nitrogen and oxygen atoms in total. The molecule has 0 aromatic carbocycles. The summed E-state index contributed by atoms with van der Waals surface area (Å²) in [5.74, 6) is 1.72. The highest BCUT2D eigenvalue weighted by Crippen LogP contribution is 2.23. The Hall–Kier alpha value is -0.760. The van der Waals surface area contributed by atoms with Gasteiger partial charge in [0.15, 0.2) is 0 Å². The first-order valence-electron chi connectivity index (χ1n) is 5.55. The second-order valence-electron chi connectivity index (χ2n) is 4.10. The maximum absolute atomic E-state index is 5.62. The molecule has 1 saturated carbocycles. The van der Waals surface area contributed by atoms with Crippen LogP contribution in [0.5, 0.6) is 0 Å². The van der Waals surface area contributed by atoms with Gasteiger partial charge in [0.1, 0.15) is 12.4 Å². The van der Waals surface area contributed by atoms with Gasteiger partial charge in [0.05, 0.1) is 6.26 Å². The molecule has 0 amide bonds. The first-order valence-corrected chi connectivity index (χ1v) is 5.55. The molecule has 0 radical (unpaired) electrons. The van der Waals surface area contributed by atoms with Gasteiger partial charge in [-0.05, 0) is 30.9 Å². The standard InChI is InChI=1S/C12H18O2/c1-2-5-11(6-3-1)9-13-10-12-7-4-8-14-12/h4,7-8,11H,1-3,5-6,9-10H2. The van der Waals surface area contributed by atoms with Crippen LogP contribution in [0.25, 0.3) is 0 Å². The number of hydrogen-bond donors (Lipinski definition) is 0. The van der Waals surface area contributed by atoms with E-state index in [2.05, 4.69) is 0 Å². The van der Waals surface area contributed by atoms with E-state index in [1.165, 1.54) is 32.1 Å². The maximum atomic E-state index is 5.62.